The maximum Gasteiger partial charge on any atom is 0.371 e. The molecular weight excluding hydrogens is 232 g/mol. The van der Waals surface area contributed by atoms with Gasteiger partial charge in [-0.3, -0.25) is 0 Å². The molecule has 4 nitrogen and oxygen atoms in total. The molecule has 0 aromatic heterocycles. The summed E-state index contributed by atoms with van der Waals surface area (Å²) in [5, 5.41) is 0. The predicted molar refractivity (Wildman–Crippen MR) is 62.8 cm³/mol. The van der Waals surface area contributed by atoms with E-state index < -0.39 is 26.4 Å². The fraction of sp³-hybridized carbons (Fsp3) is 1.00. The van der Waals surface area contributed by atoms with Crippen molar-refractivity contribution in [1.29, 1.82) is 0 Å². The molecule has 0 saturated heterocycles. The van der Waals surface area contributed by atoms with Gasteiger partial charge in [0.15, 0.2) is 0 Å². The summed E-state index contributed by atoms with van der Waals surface area (Å²) in [5.41, 5.74) is 0. The maximum atomic E-state index is 5.93. The molecule has 0 saturated carbocycles. The van der Waals surface area contributed by atoms with Gasteiger partial charge in [-0.05, 0) is 32.7 Å². The third-order valence-electron chi connectivity index (χ3n) is 1.66. The van der Waals surface area contributed by atoms with E-state index in [0.29, 0.717) is 0 Å². The normalized spacial score (nSPS) is 13.7. The Kier molecular flexibility index (Phi) is 5.73. The van der Waals surface area contributed by atoms with Crippen LogP contribution in [-0.4, -0.2) is 40.6 Å². The van der Waals surface area contributed by atoms with Crippen molar-refractivity contribution in [3.8, 4) is 0 Å². The van der Waals surface area contributed by atoms with Crippen LogP contribution in [0.4, 0.5) is 0 Å². The van der Waals surface area contributed by atoms with Gasteiger partial charge < -0.3 is 17.1 Å². The molecule has 0 atom stereocenters. The Morgan fingerprint density at radius 1 is 0.929 bits per heavy atom. The van der Waals surface area contributed by atoms with Gasteiger partial charge in [-0.15, -0.1) is 0 Å². The smallest absolute Gasteiger partial charge is 0.371 e. The van der Waals surface area contributed by atoms with E-state index in [1.807, 2.05) is 32.7 Å². The van der Waals surface area contributed by atoms with E-state index in [2.05, 4.69) is 0 Å². The standard InChI is InChI=1S/C7H21O4Si3/c1-8-12(3)10-14(6,7)11-13(4,5)9-2/h1-7H3. The molecule has 0 amide bonds. The molecular formula is C7H21O4Si3. The lowest BCUT2D eigenvalue weighted by Gasteiger charge is -2.32. The van der Waals surface area contributed by atoms with E-state index in [9.17, 15) is 0 Å². The average molecular weight is 253 g/mol. The summed E-state index contributed by atoms with van der Waals surface area (Å²) in [5.74, 6) is 0. The molecule has 0 spiro atoms. The molecule has 0 rings (SSSR count). The summed E-state index contributed by atoms with van der Waals surface area (Å²) < 4.78 is 22.2. The van der Waals surface area contributed by atoms with Gasteiger partial charge in [-0.2, -0.15) is 0 Å². The van der Waals surface area contributed by atoms with E-state index in [0.717, 1.165) is 0 Å². The molecule has 0 heterocycles. The molecule has 0 aliphatic heterocycles. The highest BCUT2D eigenvalue weighted by atomic mass is 28.5. The average Bonchev–Trinajstić information content (AvgIpc) is 2.01. The van der Waals surface area contributed by atoms with Crippen molar-refractivity contribution < 1.29 is 17.1 Å². The fourth-order valence-electron chi connectivity index (χ4n) is 1.04. The Morgan fingerprint density at radius 3 is 1.79 bits per heavy atom. The summed E-state index contributed by atoms with van der Waals surface area (Å²) in [7, 11) is -1.89. The molecule has 0 fully saturated rings. The van der Waals surface area contributed by atoms with Gasteiger partial charge in [0.25, 0.3) is 0 Å². The third-order valence-corrected chi connectivity index (χ3v) is 10.3. The van der Waals surface area contributed by atoms with Crippen molar-refractivity contribution in [2.24, 2.45) is 0 Å². The van der Waals surface area contributed by atoms with Crippen molar-refractivity contribution in [3.05, 3.63) is 0 Å². The Labute approximate surface area is 90.9 Å². The van der Waals surface area contributed by atoms with E-state index >= 15 is 0 Å². The number of rotatable bonds is 6. The SMILES string of the molecule is CO[Si](C)O[Si](C)(C)O[Si](C)(C)OC. The molecule has 0 aromatic carbocycles. The highest BCUT2D eigenvalue weighted by Crippen LogP contribution is 2.16. The molecule has 0 aliphatic carbocycles. The first kappa shape index (κ1) is 14.5. The second kappa shape index (κ2) is 5.54. The Balaban J connectivity index is 4.19. The van der Waals surface area contributed by atoms with Crippen molar-refractivity contribution in [3.63, 3.8) is 0 Å². The predicted octanol–water partition coefficient (Wildman–Crippen LogP) is 1.83. The van der Waals surface area contributed by atoms with Crippen LogP contribution in [0.1, 0.15) is 0 Å². The summed E-state index contributed by atoms with van der Waals surface area (Å²) in [6, 6.07) is 0. The molecule has 7 heteroatoms. The minimum absolute atomic E-state index is 1.16. The van der Waals surface area contributed by atoms with Gasteiger partial charge in [0.1, 0.15) is 0 Å². The largest absolute Gasteiger partial charge is 0.415 e. The van der Waals surface area contributed by atoms with Gasteiger partial charge in [-0.1, -0.05) is 0 Å². The summed E-state index contributed by atoms with van der Waals surface area (Å²) >= 11 is 0. The first-order valence-electron chi connectivity index (χ1n) is 4.54. The lowest BCUT2D eigenvalue weighted by molar-refractivity contribution is 0.260. The zero-order valence-electron chi connectivity index (χ0n) is 10.1. The Hall–Kier alpha value is 0.491. The van der Waals surface area contributed by atoms with Gasteiger partial charge in [0, 0.05) is 14.2 Å². The fourth-order valence-corrected chi connectivity index (χ4v) is 9.76. The highest BCUT2D eigenvalue weighted by Gasteiger charge is 2.37. The molecule has 0 aromatic rings. The zero-order chi connectivity index (χ0) is 11.4. The minimum atomic E-state index is -2.09. The highest BCUT2D eigenvalue weighted by molar-refractivity contribution is 6.81. The van der Waals surface area contributed by atoms with Crippen LogP contribution in [0.3, 0.4) is 0 Å². The second-order valence-corrected chi connectivity index (χ2v) is 12.9. The third kappa shape index (κ3) is 6.06. The van der Waals surface area contributed by atoms with Crippen LogP contribution in [0.2, 0.25) is 32.7 Å². The monoisotopic (exact) mass is 253 g/mol. The molecule has 85 valence electrons. The van der Waals surface area contributed by atoms with Crippen molar-refractivity contribution in [2.75, 3.05) is 14.2 Å². The molecule has 0 bridgehead atoms. The summed E-state index contributed by atoms with van der Waals surface area (Å²) in [6.45, 7) is 10.0. The van der Waals surface area contributed by atoms with E-state index in [1.54, 1.807) is 14.2 Å². The zero-order valence-corrected chi connectivity index (χ0v) is 13.1. The number of hydrogen-bond donors (Lipinski definition) is 0. The Bertz CT molecular complexity index is 174. The van der Waals surface area contributed by atoms with Crippen molar-refractivity contribution in [2.45, 2.75) is 32.7 Å². The van der Waals surface area contributed by atoms with Crippen molar-refractivity contribution >= 4 is 26.4 Å². The molecule has 0 aliphatic rings. The van der Waals surface area contributed by atoms with Gasteiger partial charge in [0.2, 0.25) is 0 Å². The van der Waals surface area contributed by atoms with Crippen LogP contribution in [-0.2, 0) is 17.1 Å². The molecule has 0 unspecified atom stereocenters. The topological polar surface area (TPSA) is 36.9 Å². The summed E-state index contributed by atoms with van der Waals surface area (Å²) in [4.78, 5) is 0. The molecule has 14 heavy (non-hydrogen) atoms. The maximum absolute atomic E-state index is 5.93. The van der Waals surface area contributed by atoms with E-state index in [1.165, 1.54) is 0 Å². The van der Waals surface area contributed by atoms with Crippen LogP contribution in [0.5, 0.6) is 0 Å². The summed E-state index contributed by atoms with van der Waals surface area (Å²) in [6.07, 6.45) is 0. The lowest BCUT2D eigenvalue weighted by atomic mass is 11.8. The second-order valence-electron chi connectivity index (χ2n) is 3.90. The lowest BCUT2D eigenvalue weighted by Crippen LogP contribution is -2.50. The molecule has 0 N–H and O–H groups in total. The van der Waals surface area contributed by atoms with Gasteiger partial charge >= 0.3 is 26.4 Å². The van der Waals surface area contributed by atoms with E-state index in [4.69, 9.17) is 17.1 Å². The molecule has 1 radical (unpaired) electrons. The van der Waals surface area contributed by atoms with Crippen LogP contribution >= 0.6 is 0 Å². The van der Waals surface area contributed by atoms with Crippen LogP contribution in [0.15, 0.2) is 0 Å². The van der Waals surface area contributed by atoms with E-state index in [-0.39, 0.29) is 0 Å². The quantitative estimate of drug-likeness (QED) is 0.677. The Morgan fingerprint density at radius 2 is 1.43 bits per heavy atom. The van der Waals surface area contributed by atoms with Gasteiger partial charge in [0.05, 0.1) is 0 Å². The minimum Gasteiger partial charge on any atom is -0.415 e. The van der Waals surface area contributed by atoms with Crippen molar-refractivity contribution in [1.82, 2.24) is 0 Å². The van der Waals surface area contributed by atoms with Crippen LogP contribution in [0.25, 0.3) is 0 Å². The first-order chi connectivity index (χ1) is 6.22. The number of hydrogen-bond acceptors (Lipinski definition) is 4. The van der Waals surface area contributed by atoms with Crippen LogP contribution in [0, 0.1) is 0 Å². The van der Waals surface area contributed by atoms with Crippen LogP contribution < -0.4 is 0 Å². The van der Waals surface area contributed by atoms with Gasteiger partial charge in [-0.25, -0.2) is 0 Å². The first-order valence-corrected chi connectivity index (χ1v) is 12.0.